The van der Waals surface area contributed by atoms with Gasteiger partial charge in [-0.1, -0.05) is 19.9 Å². The molecule has 2 saturated heterocycles. The summed E-state index contributed by atoms with van der Waals surface area (Å²) >= 11 is 0. The van der Waals surface area contributed by atoms with Gasteiger partial charge >= 0.3 is 0 Å². The van der Waals surface area contributed by atoms with E-state index in [1.165, 1.54) is 0 Å². The summed E-state index contributed by atoms with van der Waals surface area (Å²) in [6, 6.07) is 0. The monoisotopic (exact) mass is 196 g/mol. The van der Waals surface area contributed by atoms with Crippen molar-refractivity contribution in [2.75, 3.05) is 6.61 Å². The lowest BCUT2D eigenvalue weighted by molar-refractivity contribution is -0.0755. The van der Waals surface area contributed by atoms with Crippen LogP contribution in [-0.2, 0) is 9.47 Å². The first-order valence-electron chi connectivity index (χ1n) is 5.65. The average Bonchev–Trinajstić information content (AvgIpc) is 2.87. The van der Waals surface area contributed by atoms with Gasteiger partial charge in [-0.15, -0.1) is 6.58 Å². The number of hydrogen-bond acceptors (Lipinski definition) is 2. The molecule has 0 unspecified atom stereocenters. The third kappa shape index (κ3) is 1.24. The largest absolute Gasteiger partial charge is 0.347 e. The van der Waals surface area contributed by atoms with Crippen LogP contribution in [0.4, 0.5) is 0 Å². The van der Waals surface area contributed by atoms with Crippen LogP contribution in [0.15, 0.2) is 12.7 Å². The Morgan fingerprint density at radius 3 is 2.57 bits per heavy atom. The first-order chi connectivity index (χ1) is 6.73. The van der Waals surface area contributed by atoms with Crippen molar-refractivity contribution in [1.29, 1.82) is 0 Å². The second-order valence-corrected chi connectivity index (χ2v) is 4.50. The topological polar surface area (TPSA) is 21.8 Å². The van der Waals surface area contributed by atoms with Crippen LogP contribution in [0.3, 0.4) is 0 Å². The summed E-state index contributed by atoms with van der Waals surface area (Å²) < 4.78 is 11.6. The van der Waals surface area contributed by atoms with E-state index in [1.54, 1.807) is 0 Å². The fraction of sp³-hybridized carbons (Fsp3) is 0.833. The minimum absolute atomic E-state index is 0.222. The third-order valence-electron chi connectivity index (χ3n) is 3.92. The van der Waals surface area contributed by atoms with E-state index in [-0.39, 0.29) is 5.79 Å². The molecular formula is C12H20O2. The summed E-state index contributed by atoms with van der Waals surface area (Å²) in [6.07, 6.45) is 6.57. The Morgan fingerprint density at radius 1 is 1.43 bits per heavy atom. The molecule has 0 N–H and O–H groups in total. The molecule has 14 heavy (non-hydrogen) atoms. The minimum atomic E-state index is -0.222. The maximum absolute atomic E-state index is 5.84. The molecule has 2 heteroatoms. The van der Waals surface area contributed by atoms with Crippen molar-refractivity contribution in [2.45, 2.75) is 51.4 Å². The van der Waals surface area contributed by atoms with Crippen LogP contribution in [-0.4, -0.2) is 18.5 Å². The summed E-state index contributed by atoms with van der Waals surface area (Å²) in [5.41, 5.74) is 0.293. The van der Waals surface area contributed by atoms with Gasteiger partial charge in [0.2, 0.25) is 0 Å². The molecule has 2 nitrogen and oxygen atoms in total. The van der Waals surface area contributed by atoms with Crippen molar-refractivity contribution in [3.05, 3.63) is 12.7 Å². The molecule has 0 aromatic heterocycles. The fourth-order valence-electron chi connectivity index (χ4n) is 2.60. The quantitative estimate of drug-likeness (QED) is 0.498. The van der Waals surface area contributed by atoms with E-state index in [4.69, 9.17) is 9.47 Å². The number of epoxide rings is 1. The highest BCUT2D eigenvalue weighted by Gasteiger charge is 2.70. The molecule has 2 fully saturated rings. The molecule has 2 aliphatic rings. The van der Waals surface area contributed by atoms with Crippen LogP contribution >= 0.6 is 0 Å². The smallest absolute Gasteiger partial charge is 0.196 e. The molecule has 2 rings (SSSR count). The maximum atomic E-state index is 5.84. The molecule has 0 amide bonds. The molecule has 2 heterocycles. The SMILES string of the molecule is C=CCC[C@@]12OCC(CC)(CC)[C@@H]1O2. The van der Waals surface area contributed by atoms with Crippen LogP contribution in [0.5, 0.6) is 0 Å². The second kappa shape index (κ2) is 3.35. The van der Waals surface area contributed by atoms with Gasteiger partial charge in [0.15, 0.2) is 5.79 Å². The highest BCUT2D eigenvalue weighted by Crippen LogP contribution is 2.59. The Bertz CT molecular complexity index is 232. The van der Waals surface area contributed by atoms with Gasteiger partial charge in [0.05, 0.1) is 6.61 Å². The molecule has 0 spiro atoms. The van der Waals surface area contributed by atoms with Crippen LogP contribution in [0.2, 0.25) is 0 Å². The third-order valence-corrected chi connectivity index (χ3v) is 3.92. The number of fused-ring (bicyclic) bond motifs is 1. The Morgan fingerprint density at radius 2 is 2.14 bits per heavy atom. The first kappa shape index (κ1) is 10.2. The lowest BCUT2D eigenvalue weighted by Gasteiger charge is -2.24. The molecule has 0 aromatic carbocycles. The van der Waals surface area contributed by atoms with Crippen molar-refractivity contribution in [1.82, 2.24) is 0 Å². The van der Waals surface area contributed by atoms with Crippen LogP contribution in [0, 0.1) is 5.41 Å². The fourth-order valence-corrected chi connectivity index (χ4v) is 2.60. The van der Waals surface area contributed by atoms with Crippen molar-refractivity contribution >= 4 is 0 Å². The van der Waals surface area contributed by atoms with E-state index in [2.05, 4.69) is 20.4 Å². The molecular weight excluding hydrogens is 176 g/mol. The normalized spacial score (nSPS) is 38.0. The van der Waals surface area contributed by atoms with E-state index in [1.807, 2.05) is 6.08 Å². The number of rotatable bonds is 5. The zero-order valence-corrected chi connectivity index (χ0v) is 9.21. The van der Waals surface area contributed by atoms with Gasteiger partial charge in [-0.25, -0.2) is 0 Å². The molecule has 0 saturated carbocycles. The first-order valence-corrected chi connectivity index (χ1v) is 5.65. The van der Waals surface area contributed by atoms with Gasteiger partial charge < -0.3 is 9.47 Å². The molecule has 0 aliphatic carbocycles. The van der Waals surface area contributed by atoms with E-state index in [0.717, 1.165) is 32.3 Å². The van der Waals surface area contributed by atoms with Crippen LogP contribution in [0.25, 0.3) is 0 Å². The molecule has 2 aliphatic heterocycles. The number of ether oxygens (including phenoxy) is 2. The van der Waals surface area contributed by atoms with Crippen molar-refractivity contribution < 1.29 is 9.47 Å². The Labute approximate surface area is 86.3 Å². The predicted octanol–water partition coefficient (Wildman–Crippen LogP) is 2.88. The number of allylic oxidation sites excluding steroid dienone is 1. The summed E-state index contributed by atoms with van der Waals surface area (Å²) in [6.45, 7) is 9.08. The molecule has 0 bridgehead atoms. The van der Waals surface area contributed by atoms with Crippen molar-refractivity contribution in [2.24, 2.45) is 5.41 Å². The lowest BCUT2D eigenvalue weighted by atomic mass is 9.79. The standard InChI is InChI=1S/C12H20O2/c1-4-7-8-12-10(14-12)11(5-2,6-3)9-13-12/h4,10H,1,5-9H2,2-3H3/t10-,12-/m0/s1. The highest BCUT2D eigenvalue weighted by molar-refractivity contribution is 5.11. The van der Waals surface area contributed by atoms with Gasteiger partial charge in [-0.05, 0) is 19.3 Å². The zero-order valence-electron chi connectivity index (χ0n) is 9.21. The Balaban J connectivity index is 2.01. The summed E-state index contributed by atoms with van der Waals surface area (Å²) in [7, 11) is 0. The van der Waals surface area contributed by atoms with E-state index < -0.39 is 0 Å². The van der Waals surface area contributed by atoms with Crippen molar-refractivity contribution in [3.63, 3.8) is 0 Å². The predicted molar refractivity (Wildman–Crippen MR) is 56.0 cm³/mol. The van der Waals surface area contributed by atoms with Gasteiger partial charge in [0.25, 0.3) is 0 Å². The van der Waals surface area contributed by atoms with Crippen molar-refractivity contribution in [3.8, 4) is 0 Å². The Kier molecular flexibility index (Phi) is 2.44. The molecule has 2 atom stereocenters. The Hall–Kier alpha value is -0.340. The van der Waals surface area contributed by atoms with E-state index in [0.29, 0.717) is 11.5 Å². The van der Waals surface area contributed by atoms with Gasteiger partial charge in [0, 0.05) is 11.8 Å². The highest BCUT2D eigenvalue weighted by atomic mass is 16.8. The summed E-state index contributed by atoms with van der Waals surface area (Å²) in [4.78, 5) is 0. The summed E-state index contributed by atoms with van der Waals surface area (Å²) in [5.74, 6) is -0.222. The van der Waals surface area contributed by atoms with Crippen LogP contribution < -0.4 is 0 Å². The average molecular weight is 196 g/mol. The lowest BCUT2D eigenvalue weighted by Crippen LogP contribution is -2.26. The second-order valence-electron chi connectivity index (χ2n) is 4.50. The molecule has 0 radical (unpaired) electrons. The van der Waals surface area contributed by atoms with E-state index >= 15 is 0 Å². The molecule has 0 aromatic rings. The maximum Gasteiger partial charge on any atom is 0.196 e. The summed E-state index contributed by atoms with van der Waals surface area (Å²) in [5, 5.41) is 0. The minimum Gasteiger partial charge on any atom is -0.347 e. The van der Waals surface area contributed by atoms with Gasteiger partial charge in [-0.2, -0.15) is 0 Å². The molecule has 80 valence electrons. The van der Waals surface area contributed by atoms with Gasteiger partial charge in [0.1, 0.15) is 6.10 Å². The van der Waals surface area contributed by atoms with Crippen LogP contribution in [0.1, 0.15) is 39.5 Å². The number of hydrogen-bond donors (Lipinski definition) is 0. The van der Waals surface area contributed by atoms with E-state index in [9.17, 15) is 0 Å². The zero-order chi connectivity index (χ0) is 10.2. The van der Waals surface area contributed by atoms with Gasteiger partial charge in [-0.3, -0.25) is 0 Å².